The van der Waals surface area contributed by atoms with Gasteiger partial charge in [-0.05, 0) is 34.5 Å². The number of anilines is 1. The van der Waals surface area contributed by atoms with Crippen LogP contribution in [-0.4, -0.2) is 19.1 Å². The number of carbonyl (C=O) groups is 1. The number of benzene rings is 1. The van der Waals surface area contributed by atoms with Crippen molar-refractivity contribution in [1.29, 1.82) is 0 Å². The van der Waals surface area contributed by atoms with E-state index >= 15 is 0 Å². The lowest BCUT2D eigenvalue weighted by molar-refractivity contribution is -0.141. The van der Waals surface area contributed by atoms with E-state index in [0.717, 1.165) is 35.8 Å². The van der Waals surface area contributed by atoms with Crippen molar-refractivity contribution in [3.63, 3.8) is 0 Å². The molecule has 0 amide bonds. The van der Waals surface area contributed by atoms with Crippen molar-refractivity contribution in [2.75, 3.05) is 12.4 Å². The summed E-state index contributed by atoms with van der Waals surface area (Å²) < 4.78 is 5.79. The summed E-state index contributed by atoms with van der Waals surface area (Å²) in [5, 5.41) is 3.24. The monoisotopic (exact) mass is 313 g/mol. The maximum Gasteiger partial charge on any atom is 0.328 e. The SMILES string of the molecule is CCCCCC(Nc1ccccc1Br)C(=O)OC. The number of carbonyl (C=O) groups excluding carboxylic acids is 1. The fourth-order valence-electron chi connectivity index (χ4n) is 1.76. The number of nitrogens with one attached hydrogen (secondary N) is 1. The second-order valence-electron chi connectivity index (χ2n) is 4.20. The zero-order valence-electron chi connectivity index (χ0n) is 10.9. The molecule has 0 saturated carbocycles. The molecule has 18 heavy (non-hydrogen) atoms. The van der Waals surface area contributed by atoms with Crippen molar-refractivity contribution in [2.45, 2.75) is 38.6 Å². The largest absolute Gasteiger partial charge is 0.467 e. The van der Waals surface area contributed by atoms with Gasteiger partial charge in [-0.15, -0.1) is 0 Å². The van der Waals surface area contributed by atoms with E-state index in [0.29, 0.717) is 0 Å². The third-order valence-electron chi connectivity index (χ3n) is 2.79. The predicted octanol–water partition coefficient (Wildman–Crippen LogP) is 3.98. The molecule has 0 fully saturated rings. The smallest absolute Gasteiger partial charge is 0.328 e. The quantitative estimate of drug-likeness (QED) is 0.611. The van der Waals surface area contributed by atoms with E-state index in [1.807, 2.05) is 24.3 Å². The first-order valence-corrected chi connectivity index (χ1v) is 7.07. The third-order valence-corrected chi connectivity index (χ3v) is 3.48. The molecule has 1 N–H and O–H groups in total. The first-order valence-electron chi connectivity index (χ1n) is 6.28. The predicted molar refractivity (Wildman–Crippen MR) is 77.7 cm³/mol. The van der Waals surface area contributed by atoms with Crippen molar-refractivity contribution in [2.24, 2.45) is 0 Å². The maximum absolute atomic E-state index is 11.7. The van der Waals surface area contributed by atoms with Crippen LogP contribution in [0.1, 0.15) is 32.6 Å². The Morgan fingerprint density at radius 3 is 2.72 bits per heavy atom. The number of halogens is 1. The zero-order chi connectivity index (χ0) is 13.4. The Morgan fingerprint density at radius 2 is 2.11 bits per heavy atom. The van der Waals surface area contributed by atoms with Crippen LogP contribution in [0.3, 0.4) is 0 Å². The van der Waals surface area contributed by atoms with Crippen LogP contribution >= 0.6 is 15.9 Å². The normalized spacial score (nSPS) is 11.9. The van der Waals surface area contributed by atoms with Gasteiger partial charge < -0.3 is 10.1 Å². The van der Waals surface area contributed by atoms with Crippen LogP contribution in [0.25, 0.3) is 0 Å². The van der Waals surface area contributed by atoms with Crippen LogP contribution in [0, 0.1) is 0 Å². The highest BCUT2D eigenvalue weighted by Gasteiger charge is 2.18. The Labute approximate surface area is 117 Å². The number of esters is 1. The molecule has 0 heterocycles. The summed E-state index contributed by atoms with van der Waals surface area (Å²) in [5.74, 6) is -0.207. The van der Waals surface area contributed by atoms with Gasteiger partial charge in [-0.2, -0.15) is 0 Å². The second kappa shape index (κ2) is 8.14. The summed E-state index contributed by atoms with van der Waals surface area (Å²) in [4.78, 5) is 11.7. The van der Waals surface area contributed by atoms with E-state index in [-0.39, 0.29) is 12.0 Å². The maximum atomic E-state index is 11.7. The molecule has 1 aromatic carbocycles. The molecule has 1 unspecified atom stereocenters. The number of hydrogen-bond acceptors (Lipinski definition) is 3. The van der Waals surface area contributed by atoms with Gasteiger partial charge in [0.25, 0.3) is 0 Å². The number of hydrogen-bond donors (Lipinski definition) is 1. The van der Waals surface area contributed by atoms with Gasteiger partial charge in [0, 0.05) is 10.2 Å². The van der Waals surface area contributed by atoms with E-state index in [4.69, 9.17) is 4.74 Å². The number of rotatable bonds is 7. The van der Waals surface area contributed by atoms with Gasteiger partial charge in [0.2, 0.25) is 0 Å². The van der Waals surface area contributed by atoms with E-state index in [1.165, 1.54) is 7.11 Å². The second-order valence-corrected chi connectivity index (χ2v) is 5.05. The van der Waals surface area contributed by atoms with Crippen LogP contribution in [0.5, 0.6) is 0 Å². The van der Waals surface area contributed by atoms with Crippen LogP contribution in [0.2, 0.25) is 0 Å². The van der Waals surface area contributed by atoms with Crippen molar-refractivity contribution >= 4 is 27.6 Å². The van der Waals surface area contributed by atoms with Gasteiger partial charge in [-0.3, -0.25) is 0 Å². The van der Waals surface area contributed by atoms with Gasteiger partial charge >= 0.3 is 5.97 Å². The Bertz CT molecular complexity index is 382. The van der Waals surface area contributed by atoms with Crippen LogP contribution in [0.15, 0.2) is 28.7 Å². The molecule has 4 heteroatoms. The summed E-state index contributed by atoms with van der Waals surface area (Å²) in [6.45, 7) is 2.15. The molecule has 1 rings (SSSR count). The minimum absolute atomic E-state index is 0.207. The average molecular weight is 314 g/mol. The van der Waals surface area contributed by atoms with E-state index < -0.39 is 0 Å². The number of para-hydroxylation sites is 1. The lowest BCUT2D eigenvalue weighted by Crippen LogP contribution is -2.30. The summed E-state index contributed by atoms with van der Waals surface area (Å²) in [5.41, 5.74) is 0.921. The third kappa shape index (κ3) is 4.69. The van der Waals surface area contributed by atoms with Crippen molar-refractivity contribution in [1.82, 2.24) is 0 Å². The summed E-state index contributed by atoms with van der Waals surface area (Å²) >= 11 is 3.46. The minimum atomic E-state index is -0.278. The fraction of sp³-hybridized carbons (Fsp3) is 0.500. The molecule has 0 aromatic heterocycles. The molecule has 100 valence electrons. The van der Waals surface area contributed by atoms with Gasteiger partial charge in [0.15, 0.2) is 0 Å². The molecule has 0 radical (unpaired) electrons. The molecule has 1 atom stereocenters. The fourth-order valence-corrected chi connectivity index (χ4v) is 2.15. The first kappa shape index (κ1) is 15.0. The molecule has 0 spiro atoms. The van der Waals surface area contributed by atoms with Gasteiger partial charge in [-0.1, -0.05) is 38.3 Å². The molecule has 3 nitrogen and oxygen atoms in total. The molecule has 0 saturated heterocycles. The summed E-state index contributed by atoms with van der Waals surface area (Å²) in [7, 11) is 1.43. The van der Waals surface area contributed by atoms with Crippen molar-refractivity contribution < 1.29 is 9.53 Å². The Kier molecular flexibility index (Phi) is 6.80. The molecular weight excluding hydrogens is 294 g/mol. The van der Waals surface area contributed by atoms with E-state index in [9.17, 15) is 4.79 Å². The van der Waals surface area contributed by atoms with Gasteiger partial charge in [0.05, 0.1) is 7.11 Å². The Morgan fingerprint density at radius 1 is 1.39 bits per heavy atom. The van der Waals surface area contributed by atoms with Crippen molar-refractivity contribution in [3.8, 4) is 0 Å². The Hall–Kier alpha value is -1.03. The number of methoxy groups -OCH3 is 1. The highest BCUT2D eigenvalue weighted by atomic mass is 79.9. The lowest BCUT2D eigenvalue weighted by Gasteiger charge is -2.18. The molecule has 0 aliphatic carbocycles. The summed E-state index contributed by atoms with van der Waals surface area (Å²) in [6.07, 6.45) is 4.09. The minimum Gasteiger partial charge on any atom is -0.467 e. The van der Waals surface area contributed by atoms with E-state index in [1.54, 1.807) is 0 Å². The van der Waals surface area contributed by atoms with Crippen molar-refractivity contribution in [3.05, 3.63) is 28.7 Å². The average Bonchev–Trinajstić information content (AvgIpc) is 2.39. The molecular formula is C14H20BrNO2. The number of unbranched alkanes of at least 4 members (excludes halogenated alkanes) is 2. The standard InChI is InChI=1S/C14H20BrNO2/c1-3-4-5-10-13(14(17)18-2)16-12-9-7-6-8-11(12)15/h6-9,13,16H,3-5,10H2,1-2H3. The molecule has 0 aliphatic heterocycles. The van der Waals surface area contributed by atoms with Crippen LogP contribution in [0.4, 0.5) is 5.69 Å². The highest BCUT2D eigenvalue weighted by Crippen LogP contribution is 2.23. The van der Waals surface area contributed by atoms with Gasteiger partial charge in [-0.25, -0.2) is 4.79 Å². The zero-order valence-corrected chi connectivity index (χ0v) is 12.5. The number of ether oxygens (including phenoxy) is 1. The summed E-state index contributed by atoms with van der Waals surface area (Å²) in [6, 6.07) is 7.50. The topological polar surface area (TPSA) is 38.3 Å². The lowest BCUT2D eigenvalue weighted by atomic mass is 10.1. The Balaban J connectivity index is 2.66. The highest BCUT2D eigenvalue weighted by molar-refractivity contribution is 9.10. The molecule has 0 aliphatic rings. The van der Waals surface area contributed by atoms with Crippen LogP contribution < -0.4 is 5.32 Å². The molecule has 0 bridgehead atoms. The first-order chi connectivity index (χ1) is 8.69. The van der Waals surface area contributed by atoms with Gasteiger partial charge in [0.1, 0.15) is 6.04 Å². The van der Waals surface area contributed by atoms with E-state index in [2.05, 4.69) is 28.2 Å². The van der Waals surface area contributed by atoms with Crippen LogP contribution in [-0.2, 0) is 9.53 Å². The molecule has 1 aromatic rings.